The molecule has 1 aromatic heterocycles. The molecule has 1 aromatic carbocycles. The molecule has 0 bridgehead atoms. The van der Waals surface area contributed by atoms with Crippen molar-refractivity contribution < 1.29 is 14.5 Å². The molecule has 22 heavy (non-hydrogen) atoms. The number of halogens is 1. The van der Waals surface area contributed by atoms with Crippen LogP contribution in [0, 0.1) is 17.0 Å². The molecule has 0 aliphatic heterocycles. The van der Waals surface area contributed by atoms with E-state index < -0.39 is 22.6 Å². The second-order valence-corrected chi connectivity index (χ2v) is 5.32. The van der Waals surface area contributed by atoms with Crippen LogP contribution >= 0.6 is 15.9 Å². The summed E-state index contributed by atoms with van der Waals surface area (Å²) in [6, 6.07) is 8.83. The molecule has 0 aliphatic rings. The van der Waals surface area contributed by atoms with E-state index >= 15 is 0 Å². The fourth-order valence-electron chi connectivity index (χ4n) is 1.72. The van der Waals surface area contributed by atoms with Crippen molar-refractivity contribution in [3.8, 4) is 0 Å². The van der Waals surface area contributed by atoms with Gasteiger partial charge in [-0.05, 0) is 40.2 Å². The maximum absolute atomic E-state index is 12.0. The van der Waals surface area contributed by atoms with Gasteiger partial charge in [-0.15, -0.1) is 0 Å². The summed E-state index contributed by atoms with van der Waals surface area (Å²) in [5, 5.41) is 12.9. The first-order chi connectivity index (χ1) is 10.4. The smallest absolute Gasteiger partial charge is 0.358 e. The molecule has 1 heterocycles. The summed E-state index contributed by atoms with van der Waals surface area (Å²) in [7, 11) is 0. The highest BCUT2D eigenvalue weighted by atomic mass is 79.9. The second kappa shape index (κ2) is 6.44. The van der Waals surface area contributed by atoms with Crippen LogP contribution in [0.4, 0.5) is 5.82 Å². The van der Waals surface area contributed by atoms with E-state index in [1.807, 2.05) is 0 Å². The minimum absolute atomic E-state index is 0.00432. The van der Waals surface area contributed by atoms with Crippen LogP contribution in [0.2, 0.25) is 0 Å². The third-order valence-electron chi connectivity index (χ3n) is 2.72. The predicted molar refractivity (Wildman–Crippen MR) is 81.6 cm³/mol. The maximum Gasteiger partial charge on any atom is 0.364 e. The third-order valence-corrected chi connectivity index (χ3v) is 3.25. The minimum Gasteiger partial charge on any atom is -0.358 e. The average molecular weight is 364 g/mol. The first kappa shape index (κ1) is 15.8. The van der Waals surface area contributed by atoms with Crippen molar-refractivity contribution in [3.05, 3.63) is 67.8 Å². The van der Waals surface area contributed by atoms with Crippen molar-refractivity contribution in [1.29, 1.82) is 0 Å². The lowest BCUT2D eigenvalue weighted by molar-refractivity contribution is -0.389. The summed E-state index contributed by atoms with van der Waals surface area (Å²) < 4.78 is 0.802. The zero-order valence-corrected chi connectivity index (χ0v) is 13.0. The van der Waals surface area contributed by atoms with Gasteiger partial charge in [0.05, 0.1) is 5.56 Å². The van der Waals surface area contributed by atoms with Crippen molar-refractivity contribution in [3.63, 3.8) is 0 Å². The molecule has 7 nitrogen and oxygen atoms in total. The molecule has 112 valence electrons. The number of hydrogen-bond donors (Lipinski definition) is 1. The van der Waals surface area contributed by atoms with Crippen LogP contribution in [0.1, 0.15) is 26.4 Å². The molecule has 0 aliphatic carbocycles. The zero-order valence-electron chi connectivity index (χ0n) is 11.4. The van der Waals surface area contributed by atoms with Gasteiger partial charge < -0.3 is 10.1 Å². The van der Waals surface area contributed by atoms with Crippen molar-refractivity contribution in [1.82, 2.24) is 10.3 Å². The SMILES string of the molecule is Cc1cc(C(=O)NC(=O)c2ccc(Br)cc2)cc([N+](=O)[O-])n1. The van der Waals surface area contributed by atoms with Gasteiger partial charge in [-0.2, -0.15) is 0 Å². The van der Waals surface area contributed by atoms with Crippen molar-refractivity contribution in [2.75, 3.05) is 0 Å². The fourth-order valence-corrected chi connectivity index (χ4v) is 1.99. The quantitative estimate of drug-likeness (QED) is 0.512. The molecule has 0 atom stereocenters. The number of rotatable bonds is 3. The Kier molecular flexibility index (Phi) is 4.62. The number of imide groups is 1. The molecule has 1 N–H and O–H groups in total. The molecular formula is C14H10BrN3O4. The number of nitrogens with zero attached hydrogens (tertiary/aromatic N) is 2. The highest BCUT2D eigenvalue weighted by molar-refractivity contribution is 9.10. The number of benzene rings is 1. The normalized spacial score (nSPS) is 10.1. The Hall–Kier alpha value is -2.61. The number of hydrogen-bond acceptors (Lipinski definition) is 5. The van der Waals surface area contributed by atoms with Crippen LogP contribution in [-0.2, 0) is 0 Å². The minimum atomic E-state index is -0.721. The predicted octanol–water partition coefficient (Wildman–Crippen LogP) is 2.63. The number of pyridine rings is 1. The molecular weight excluding hydrogens is 354 g/mol. The van der Waals surface area contributed by atoms with E-state index in [1.165, 1.54) is 13.0 Å². The van der Waals surface area contributed by atoms with Gasteiger partial charge in [-0.3, -0.25) is 14.9 Å². The monoisotopic (exact) mass is 363 g/mol. The van der Waals surface area contributed by atoms with E-state index in [2.05, 4.69) is 26.2 Å². The number of aryl methyl sites for hydroxylation is 1. The van der Waals surface area contributed by atoms with Crippen LogP contribution in [0.3, 0.4) is 0 Å². The molecule has 0 spiro atoms. The topological polar surface area (TPSA) is 102 Å². The van der Waals surface area contributed by atoms with Gasteiger partial charge in [0, 0.05) is 23.0 Å². The summed E-state index contributed by atoms with van der Waals surface area (Å²) in [6.07, 6.45) is 0. The standard InChI is InChI=1S/C14H10BrN3O4/c1-8-6-10(7-12(16-8)18(21)22)14(20)17-13(19)9-2-4-11(15)5-3-9/h2-7H,1H3,(H,17,19,20). The molecule has 0 saturated carbocycles. The lowest BCUT2D eigenvalue weighted by Crippen LogP contribution is -2.30. The molecule has 0 radical (unpaired) electrons. The van der Waals surface area contributed by atoms with Gasteiger partial charge in [-0.25, -0.2) is 0 Å². The Morgan fingerprint density at radius 3 is 2.32 bits per heavy atom. The summed E-state index contributed by atoms with van der Waals surface area (Å²) in [4.78, 5) is 37.7. The first-order valence-corrected chi connectivity index (χ1v) is 6.90. The van der Waals surface area contributed by atoms with Gasteiger partial charge in [-0.1, -0.05) is 15.9 Å². The molecule has 2 rings (SSSR count). The van der Waals surface area contributed by atoms with Gasteiger partial charge in [0.25, 0.3) is 11.8 Å². The Labute approximate surface area is 133 Å². The first-order valence-electron chi connectivity index (χ1n) is 6.11. The van der Waals surface area contributed by atoms with Crippen LogP contribution in [0.5, 0.6) is 0 Å². The van der Waals surface area contributed by atoms with Crippen molar-refractivity contribution >= 4 is 33.6 Å². The van der Waals surface area contributed by atoms with Crippen LogP contribution in [0.15, 0.2) is 40.9 Å². The van der Waals surface area contributed by atoms with E-state index in [-0.39, 0.29) is 5.56 Å². The van der Waals surface area contributed by atoms with E-state index in [1.54, 1.807) is 24.3 Å². The number of carbonyl (C=O) groups excluding carboxylic acids is 2. The third kappa shape index (κ3) is 3.73. The lowest BCUT2D eigenvalue weighted by atomic mass is 10.2. The van der Waals surface area contributed by atoms with E-state index in [4.69, 9.17) is 0 Å². The highest BCUT2D eigenvalue weighted by Gasteiger charge is 2.18. The zero-order chi connectivity index (χ0) is 16.3. The van der Waals surface area contributed by atoms with E-state index in [9.17, 15) is 19.7 Å². The van der Waals surface area contributed by atoms with Gasteiger partial charge in [0.1, 0.15) is 0 Å². The molecule has 0 saturated heterocycles. The number of aromatic nitrogens is 1. The molecule has 2 amide bonds. The van der Waals surface area contributed by atoms with Gasteiger partial charge in [0.2, 0.25) is 0 Å². The number of amides is 2. The Balaban J connectivity index is 2.20. The van der Waals surface area contributed by atoms with Crippen molar-refractivity contribution in [2.45, 2.75) is 6.92 Å². The molecule has 0 fully saturated rings. The molecule has 2 aromatic rings. The molecule has 0 unspecified atom stereocenters. The lowest BCUT2D eigenvalue weighted by Gasteiger charge is -2.04. The summed E-state index contributed by atoms with van der Waals surface area (Å²) in [6.45, 7) is 1.53. The summed E-state index contributed by atoms with van der Waals surface area (Å²) >= 11 is 3.24. The summed E-state index contributed by atoms with van der Waals surface area (Å²) in [5.74, 6) is -1.75. The van der Waals surface area contributed by atoms with Crippen LogP contribution in [0.25, 0.3) is 0 Å². The fraction of sp³-hybridized carbons (Fsp3) is 0.0714. The number of nitro groups is 1. The van der Waals surface area contributed by atoms with Crippen LogP contribution in [-0.4, -0.2) is 21.7 Å². The van der Waals surface area contributed by atoms with Gasteiger partial charge in [0.15, 0.2) is 5.69 Å². The largest absolute Gasteiger partial charge is 0.364 e. The number of nitrogens with one attached hydrogen (secondary N) is 1. The van der Waals surface area contributed by atoms with Crippen LogP contribution < -0.4 is 5.32 Å². The maximum atomic E-state index is 12.0. The van der Waals surface area contributed by atoms with E-state index in [0.717, 1.165) is 10.5 Å². The van der Waals surface area contributed by atoms with E-state index in [0.29, 0.717) is 11.3 Å². The molecule has 8 heteroatoms. The Morgan fingerprint density at radius 1 is 1.14 bits per heavy atom. The second-order valence-electron chi connectivity index (χ2n) is 4.40. The summed E-state index contributed by atoms with van der Waals surface area (Å²) in [5.41, 5.74) is 0.622. The Morgan fingerprint density at radius 2 is 1.73 bits per heavy atom. The van der Waals surface area contributed by atoms with Gasteiger partial charge >= 0.3 is 5.82 Å². The average Bonchev–Trinajstić information content (AvgIpc) is 2.47. The van der Waals surface area contributed by atoms with Crippen molar-refractivity contribution in [2.24, 2.45) is 0 Å². The Bertz CT molecular complexity index is 759. The number of carbonyl (C=O) groups is 2. The highest BCUT2D eigenvalue weighted by Crippen LogP contribution is 2.13.